The predicted molar refractivity (Wildman–Crippen MR) is 112 cm³/mol. The molecule has 132 valence electrons. The highest BCUT2D eigenvalue weighted by Crippen LogP contribution is 2.15. The van der Waals surface area contributed by atoms with Crippen molar-refractivity contribution in [1.82, 2.24) is 15.6 Å². The molecule has 0 radical (unpaired) electrons. The van der Waals surface area contributed by atoms with Crippen LogP contribution in [0.3, 0.4) is 0 Å². The lowest BCUT2D eigenvalue weighted by Gasteiger charge is -2.12. The largest absolute Gasteiger partial charge is 0.492 e. The monoisotopic (exact) mass is 460 g/mol. The second kappa shape index (κ2) is 10.5. The van der Waals surface area contributed by atoms with E-state index in [2.05, 4.69) is 47.4 Å². The fourth-order valence-electron chi connectivity index (χ4n) is 2.22. The van der Waals surface area contributed by atoms with Gasteiger partial charge in [-0.25, -0.2) is 4.98 Å². The van der Waals surface area contributed by atoms with E-state index in [1.165, 1.54) is 16.0 Å². The number of thiazole rings is 1. The van der Waals surface area contributed by atoms with Crippen LogP contribution in [0.1, 0.15) is 21.0 Å². The van der Waals surface area contributed by atoms with Gasteiger partial charge in [0.15, 0.2) is 5.96 Å². The van der Waals surface area contributed by atoms with Crippen LogP contribution in [-0.4, -0.2) is 31.1 Å². The van der Waals surface area contributed by atoms with Gasteiger partial charge >= 0.3 is 0 Å². The van der Waals surface area contributed by atoms with Crippen LogP contribution in [0, 0.1) is 20.8 Å². The van der Waals surface area contributed by atoms with Crippen LogP contribution in [0.4, 0.5) is 0 Å². The van der Waals surface area contributed by atoms with E-state index in [4.69, 9.17) is 4.74 Å². The zero-order valence-electron chi connectivity index (χ0n) is 14.5. The lowest BCUT2D eigenvalue weighted by atomic mass is 10.1. The fraction of sp³-hybridized carbons (Fsp3) is 0.412. The summed E-state index contributed by atoms with van der Waals surface area (Å²) < 4.78 is 5.77. The number of aromatic nitrogens is 1. The number of ether oxygens (including phenoxy) is 1. The van der Waals surface area contributed by atoms with Gasteiger partial charge in [-0.15, -0.1) is 35.3 Å². The molecule has 0 aliphatic carbocycles. The summed E-state index contributed by atoms with van der Waals surface area (Å²) in [6, 6.07) is 6.23. The summed E-state index contributed by atoms with van der Waals surface area (Å²) in [7, 11) is 1.76. The van der Waals surface area contributed by atoms with Crippen LogP contribution in [0.15, 0.2) is 29.4 Å². The Morgan fingerprint density at radius 1 is 1.17 bits per heavy atom. The highest BCUT2D eigenvalue weighted by molar-refractivity contribution is 14.0. The molecule has 2 rings (SSSR count). The van der Waals surface area contributed by atoms with Gasteiger partial charge in [0.1, 0.15) is 17.4 Å². The average Bonchev–Trinajstić information content (AvgIpc) is 2.91. The second-order valence-electron chi connectivity index (χ2n) is 5.39. The van der Waals surface area contributed by atoms with Gasteiger partial charge in [0, 0.05) is 18.1 Å². The van der Waals surface area contributed by atoms with Crippen LogP contribution in [0.25, 0.3) is 0 Å². The van der Waals surface area contributed by atoms with Crippen LogP contribution >= 0.6 is 35.3 Å². The van der Waals surface area contributed by atoms with Gasteiger partial charge in [-0.3, -0.25) is 4.99 Å². The summed E-state index contributed by atoms with van der Waals surface area (Å²) in [4.78, 5) is 9.74. The molecule has 1 aromatic carbocycles. The Balaban J connectivity index is 0.00000288. The van der Waals surface area contributed by atoms with Crippen LogP contribution < -0.4 is 15.4 Å². The normalized spacial score (nSPS) is 10.9. The number of aliphatic imine (C=N–C) groups is 1. The van der Waals surface area contributed by atoms with E-state index in [1.807, 2.05) is 18.3 Å². The van der Waals surface area contributed by atoms with E-state index >= 15 is 0 Å². The van der Waals surface area contributed by atoms with Crippen molar-refractivity contribution in [3.8, 4) is 5.75 Å². The predicted octanol–water partition coefficient (Wildman–Crippen LogP) is 3.43. The molecule has 0 aliphatic rings. The molecule has 0 amide bonds. The molecule has 2 aromatic rings. The Kier molecular flexibility index (Phi) is 9.05. The molecule has 0 bridgehead atoms. The molecule has 0 saturated carbocycles. The Labute approximate surface area is 165 Å². The van der Waals surface area contributed by atoms with Crippen LogP contribution in [0.2, 0.25) is 0 Å². The van der Waals surface area contributed by atoms with Gasteiger partial charge < -0.3 is 15.4 Å². The summed E-state index contributed by atoms with van der Waals surface area (Å²) in [6.45, 7) is 8.15. The third-order valence-electron chi connectivity index (χ3n) is 3.16. The van der Waals surface area contributed by atoms with Crippen molar-refractivity contribution in [2.75, 3.05) is 20.2 Å². The number of guanidine groups is 1. The first-order chi connectivity index (χ1) is 11.1. The van der Waals surface area contributed by atoms with Crippen molar-refractivity contribution in [3.63, 3.8) is 0 Å². The van der Waals surface area contributed by atoms with Crippen molar-refractivity contribution < 1.29 is 4.74 Å². The first kappa shape index (κ1) is 20.7. The standard InChI is InChI=1S/C17H24N4OS.HI/c1-12-7-13(2)9-15(8-12)22-6-5-19-17(18-4)21-11-16-20-10-14(3)23-16;/h7-10H,5-6,11H2,1-4H3,(H2,18,19,21);1H. The van der Waals surface area contributed by atoms with Crippen molar-refractivity contribution in [2.45, 2.75) is 27.3 Å². The van der Waals surface area contributed by atoms with E-state index in [0.29, 0.717) is 19.7 Å². The molecule has 0 unspecified atom stereocenters. The lowest BCUT2D eigenvalue weighted by molar-refractivity contribution is 0.321. The van der Waals surface area contributed by atoms with Crippen molar-refractivity contribution in [2.24, 2.45) is 4.99 Å². The Bertz CT molecular complexity index is 652. The average molecular weight is 460 g/mol. The number of nitrogens with zero attached hydrogens (tertiary/aromatic N) is 2. The zero-order valence-corrected chi connectivity index (χ0v) is 17.7. The Hall–Kier alpha value is -1.35. The molecule has 1 heterocycles. The highest BCUT2D eigenvalue weighted by atomic mass is 127. The highest BCUT2D eigenvalue weighted by Gasteiger charge is 2.02. The Morgan fingerprint density at radius 3 is 2.46 bits per heavy atom. The summed E-state index contributed by atoms with van der Waals surface area (Å²) in [5.41, 5.74) is 2.42. The molecule has 2 N–H and O–H groups in total. The molecule has 0 aliphatic heterocycles. The van der Waals surface area contributed by atoms with Crippen molar-refractivity contribution >= 4 is 41.3 Å². The molecular formula is C17H25IN4OS. The number of halogens is 1. The molecule has 0 fully saturated rings. The molecule has 24 heavy (non-hydrogen) atoms. The fourth-order valence-corrected chi connectivity index (χ4v) is 2.94. The molecule has 7 heteroatoms. The van der Waals surface area contributed by atoms with Gasteiger partial charge in [0.25, 0.3) is 0 Å². The van der Waals surface area contributed by atoms with Gasteiger partial charge in [-0.1, -0.05) is 6.07 Å². The Morgan fingerprint density at radius 2 is 1.88 bits per heavy atom. The second-order valence-corrected chi connectivity index (χ2v) is 6.71. The third-order valence-corrected chi connectivity index (χ3v) is 4.07. The summed E-state index contributed by atoms with van der Waals surface area (Å²) >= 11 is 1.69. The third kappa shape index (κ3) is 7.04. The number of aryl methyl sites for hydroxylation is 3. The maximum absolute atomic E-state index is 5.77. The SMILES string of the molecule is CN=C(NCCOc1cc(C)cc(C)c1)NCc1ncc(C)s1.I. The molecule has 0 saturated heterocycles. The molecule has 0 atom stereocenters. The molecule has 5 nitrogen and oxygen atoms in total. The number of benzene rings is 1. The number of hydrogen-bond acceptors (Lipinski definition) is 4. The van der Waals surface area contributed by atoms with E-state index in [9.17, 15) is 0 Å². The van der Waals surface area contributed by atoms with Crippen LogP contribution in [-0.2, 0) is 6.54 Å². The topological polar surface area (TPSA) is 58.5 Å². The minimum absolute atomic E-state index is 0. The smallest absolute Gasteiger partial charge is 0.191 e. The number of rotatable bonds is 6. The zero-order chi connectivity index (χ0) is 16.7. The molecule has 0 spiro atoms. The molecular weight excluding hydrogens is 435 g/mol. The van der Waals surface area contributed by atoms with Gasteiger partial charge in [0.2, 0.25) is 0 Å². The van der Waals surface area contributed by atoms with Crippen LogP contribution in [0.5, 0.6) is 5.75 Å². The van der Waals surface area contributed by atoms with Crippen molar-refractivity contribution in [3.05, 3.63) is 45.4 Å². The maximum Gasteiger partial charge on any atom is 0.191 e. The number of nitrogens with one attached hydrogen (secondary N) is 2. The summed E-state index contributed by atoms with van der Waals surface area (Å²) in [6.07, 6.45) is 1.88. The van der Waals surface area contributed by atoms with E-state index in [-0.39, 0.29) is 24.0 Å². The van der Waals surface area contributed by atoms with Gasteiger partial charge in [-0.2, -0.15) is 0 Å². The van der Waals surface area contributed by atoms with E-state index in [1.54, 1.807) is 18.4 Å². The minimum Gasteiger partial charge on any atom is -0.492 e. The summed E-state index contributed by atoms with van der Waals surface area (Å²) in [5.74, 6) is 1.66. The van der Waals surface area contributed by atoms with Gasteiger partial charge in [0.05, 0.1) is 13.1 Å². The maximum atomic E-state index is 5.77. The van der Waals surface area contributed by atoms with E-state index < -0.39 is 0 Å². The molecule has 1 aromatic heterocycles. The first-order valence-corrected chi connectivity index (χ1v) is 8.45. The van der Waals surface area contributed by atoms with Crippen molar-refractivity contribution in [1.29, 1.82) is 0 Å². The van der Waals surface area contributed by atoms with Gasteiger partial charge in [-0.05, 0) is 44.0 Å². The number of hydrogen-bond donors (Lipinski definition) is 2. The minimum atomic E-state index is 0. The lowest BCUT2D eigenvalue weighted by Crippen LogP contribution is -2.38. The first-order valence-electron chi connectivity index (χ1n) is 7.64. The quantitative estimate of drug-likeness (QED) is 0.300. The summed E-state index contributed by atoms with van der Waals surface area (Å²) in [5, 5.41) is 7.54. The van der Waals surface area contributed by atoms with E-state index in [0.717, 1.165) is 16.7 Å².